The van der Waals surface area contributed by atoms with Crippen molar-refractivity contribution in [3.05, 3.63) is 29.8 Å². The number of benzene rings is 1. The predicted molar refractivity (Wildman–Crippen MR) is 96.6 cm³/mol. The summed E-state index contributed by atoms with van der Waals surface area (Å²) in [6, 6.07) is 5.25. The van der Waals surface area contributed by atoms with Crippen LogP contribution < -0.4 is 0 Å². The molecule has 1 amide bonds. The highest BCUT2D eigenvalue weighted by molar-refractivity contribution is 7.86. The summed E-state index contributed by atoms with van der Waals surface area (Å²) in [6.45, 7) is 6.84. The molecule has 0 bridgehead atoms. The fourth-order valence-corrected chi connectivity index (χ4v) is 3.77. The number of carbonyl (C=O) groups excluding carboxylic acids is 2. The monoisotopic (exact) mass is 399 g/mol. The largest absolute Gasteiger partial charge is 0.467 e. The molecule has 1 heterocycles. The van der Waals surface area contributed by atoms with Crippen LogP contribution in [0.4, 0.5) is 4.79 Å². The molecule has 1 aliphatic heterocycles. The minimum absolute atomic E-state index is 0.00297. The first-order chi connectivity index (χ1) is 12.4. The number of nitrogens with zero attached hydrogens (tertiary/aromatic N) is 1. The molecule has 0 saturated carbocycles. The van der Waals surface area contributed by atoms with Crippen LogP contribution in [-0.4, -0.2) is 56.8 Å². The van der Waals surface area contributed by atoms with E-state index in [0.717, 1.165) is 10.5 Å². The van der Waals surface area contributed by atoms with Crippen molar-refractivity contribution >= 4 is 22.2 Å². The molecule has 1 unspecified atom stereocenters. The lowest BCUT2D eigenvalue weighted by molar-refractivity contribution is -0.145. The van der Waals surface area contributed by atoms with Gasteiger partial charge in [-0.25, -0.2) is 9.59 Å². The van der Waals surface area contributed by atoms with Crippen LogP contribution in [0.3, 0.4) is 0 Å². The van der Waals surface area contributed by atoms with Gasteiger partial charge in [-0.3, -0.25) is 9.08 Å². The van der Waals surface area contributed by atoms with Crippen molar-refractivity contribution in [2.45, 2.75) is 56.8 Å². The zero-order valence-corrected chi connectivity index (χ0v) is 16.9. The molecular weight excluding hydrogens is 374 g/mol. The average Bonchev–Trinajstić information content (AvgIpc) is 2.96. The number of aryl methyl sites for hydroxylation is 1. The van der Waals surface area contributed by atoms with Gasteiger partial charge in [0.1, 0.15) is 11.6 Å². The third-order valence-corrected chi connectivity index (χ3v) is 5.31. The van der Waals surface area contributed by atoms with E-state index in [1.54, 1.807) is 32.9 Å². The summed E-state index contributed by atoms with van der Waals surface area (Å²) in [5, 5.41) is 0. The van der Waals surface area contributed by atoms with Gasteiger partial charge in [0.2, 0.25) is 0 Å². The summed E-state index contributed by atoms with van der Waals surface area (Å²) in [5.41, 5.74) is 0.154. The third kappa shape index (κ3) is 5.43. The van der Waals surface area contributed by atoms with E-state index >= 15 is 0 Å². The molecular formula is C18H25NO7S. The Hall–Kier alpha value is -2.13. The van der Waals surface area contributed by atoms with Crippen molar-refractivity contribution in [2.75, 3.05) is 13.7 Å². The number of likely N-dealkylation sites (tertiary alicyclic amines) is 1. The summed E-state index contributed by atoms with van der Waals surface area (Å²) in [4.78, 5) is 25.6. The van der Waals surface area contributed by atoms with Gasteiger partial charge in [0.25, 0.3) is 10.1 Å². The second-order valence-corrected chi connectivity index (χ2v) is 8.96. The molecule has 150 valence electrons. The molecule has 0 N–H and O–H groups in total. The molecule has 9 heteroatoms. The Labute approximate surface area is 159 Å². The van der Waals surface area contributed by atoms with Gasteiger partial charge in [-0.15, -0.1) is 0 Å². The first-order valence-corrected chi connectivity index (χ1v) is 9.91. The summed E-state index contributed by atoms with van der Waals surface area (Å²) >= 11 is 0. The van der Waals surface area contributed by atoms with Gasteiger partial charge >= 0.3 is 12.1 Å². The molecule has 2 rings (SSSR count). The quantitative estimate of drug-likeness (QED) is 0.565. The highest BCUT2D eigenvalue weighted by Crippen LogP contribution is 2.27. The lowest BCUT2D eigenvalue weighted by Gasteiger charge is -2.27. The van der Waals surface area contributed by atoms with Crippen molar-refractivity contribution in [1.29, 1.82) is 0 Å². The Morgan fingerprint density at radius 1 is 1.15 bits per heavy atom. The number of carbonyl (C=O) groups is 2. The Balaban J connectivity index is 2.18. The molecule has 1 fully saturated rings. The number of esters is 1. The van der Waals surface area contributed by atoms with E-state index in [0.29, 0.717) is 0 Å². The van der Waals surface area contributed by atoms with Gasteiger partial charge in [-0.2, -0.15) is 8.42 Å². The Morgan fingerprint density at radius 2 is 1.74 bits per heavy atom. The Bertz CT molecular complexity index is 796. The molecule has 1 aromatic carbocycles. The number of ether oxygens (including phenoxy) is 2. The van der Waals surface area contributed by atoms with Crippen LogP contribution in [0.2, 0.25) is 0 Å². The molecule has 1 saturated heterocycles. The smallest absolute Gasteiger partial charge is 0.411 e. The Kier molecular flexibility index (Phi) is 6.16. The number of methoxy groups -OCH3 is 1. The van der Waals surface area contributed by atoms with Gasteiger partial charge in [-0.1, -0.05) is 17.7 Å². The molecule has 2 atom stereocenters. The molecule has 0 aliphatic carbocycles. The molecule has 0 radical (unpaired) electrons. The van der Waals surface area contributed by atoms with E-state index in [2.05, 4.69) is 0 Å². The predicted octanol–water partition coefficient (Wildman–Crippen LogP) is 2.25. The molecule has 0 aromatic heterocycles. The summed E-state index contributed by atoms with van der Waals surface area (Å²) in [7, 11) is -2.83. The van der Waals surface area contributed by atoms with Crippen molar-refractivity contribution in [3.8, 4) is 0 Å². The topological polar surface area (TPSA) is 99.2 Å². The Morgan fingerprint density at radius 3 is 2.26 bits per heavy atom. The molecule has 8 nitrogen and oxygen atoms in total. The minimum atomic E-state index is -4.03. The fraction of sp³-hybridized carbons (Fsp3) is 0.556. The van der Waals surface area contributed by atoms with Crippen molar-refractivity contribution < 1.29 is 31.7 Å². The van der Waals surface area contributed by atoms with Gasteiger partial charge in [-0.05, 0) is 39.8 Å². The van der Waals surface area contributed by atoms with Crippen LogP contribution in [0.25, 0.3) is 0 Å². The fourth-order valence-electron chi connectivity index (χ4n) is 2.69. The van der Waals surface area contributed by atoms with Crippen molar-refractivity contribution in [1.82, 2.24) is 4.90 Å². The van der Waals surface area contributed by atoms with E-state index in [-0.39, 0.29) is 17.9 Å². The maximum atomic E-state index is 12.5. The van der Waals surface area contributed by atoms with E-state index in [1.807, 2.05) is 6.92 Å². The molecule has 1 aromatic rings. The zero-order valence-electron chi connectivity index (χ0n) is 16.1. The van der Waals surface area contributed by atoms with E-state index in [1.165, 1.54) is 19.2 Å². The van der Waals surface area contributed by atoms with Crippen LogP contribution >= 0.6 is 0 Å². The van der Waals surface area contributed by atoms with Crippen molar-refractivity contribution in [2.24, 2.45) is 0 Å². The lowest BCUT2D eigenvalue weighted by Crippen LogP contribution is -2.44. The maximum absolute atomic E-state index is 12.5. The van der Waals surface area contributed by atoms with Gasteiger partial charge in [0, 0.05) is 6.42 Å². The normalized spacial score (nSPS) is 20.4. The SMILES string of the molecule is COC(=O)[C@H]1CC(OS(=O)(=O)c2ccc(C)cc2)CN1C(=O)OC(C)(C)C. The van der Waals surface area contributed by atoms with Crippen LogP contribution in [0, 0.1) is 6.92 Å². The van der Waals surface area contributed by atoms with Crippen LogP contribution in [0.5, 0.6) is 0 Å². The van der Waals surface area contributed by atoms with E-state index in [4.69, 9.17) is 13.7 Å². The summed E-state index contributed by atoms with van der Waals surface area (Å²) < 4.78 is 40.3. The first-order valence-electron chi connectivity index (χ1n) is 8.50. The van der Waals surface area contributed by atoms with Crippen LogP contribution in [0.15, 0.2) is 29.2 Å². The van der Waals surface area contributed by atoms with Crippen LogP contribution in [-0.2, 0) is 28.6 Å². The van der Waals surface area contributed by atoms with E-state index < -0.39 is 39.9 Å². The molecule has 0 spiro atoms. The number of amides is 1. The third-order valence-electron chi connectivity index (χ3n) is 3.94. The lowest BCUT2D eigenvalue weighted by atomic mass is 10.2. The highest BCUT2D eigenvalue weighted by atomic mass is 32.2. The van der Waals surface area contributed by atoms with Gasteiger partial charge in [0.15, 0.2) is 0 Å². The minimum Gasteiger partial charge on any atom is -0.467 e. The maximum Gasteiger partial charge on any atom is 0.411 e. The number of hydrogen-bond acceptors (Lipinski definition) is 7. The second kappa shape index (κ2) is 7.85. The summed E-state index contributed by atoms with van der Waals surface area (Å²) in [6.07, 6.45) is -1.61. The van der Waals surface area contributed by atoms with Crippen LogP contribution in [0.1, 0.15) is 32.8 Å². The molecule has 1 aliphatic rings. The average molecular weight is 399 g/mol. The summed E-state index contributed by atoms with van der Waals surface area (Å²) in [5.74, 6) is -0.653. The van der Waals surface area contributed by atoms with Gasteiger partial charge in [0.05, 0.1) is 24.7 Å². The molecule has 27 heavy (non-hydrogen) atoms. The number of hydrogen-bond donors (Lipinski definition) is 0. The van der Waals surface area contributed by atoms with Gasteiger partial charge < -0.3 is 9.47 Å². The highest BCUT2D eigenvalue weighted by Gasteiger charge is 2.44. The number of rotatable bonds is 4. The first kappa shape index (κ1) is 21.2. The van der Waals surface area contributed by atoms with Crippen molar-refractivity contribution in [3.63, 3.8) is 0 Å². The second-order valence-electron chi connectivity index (χ2n) is 7.39. The standard InChI is InChI=1S/C18H25NO7S/c1-12-6-8-14(9-7-12)27(22,23)26-13-10-15(16(20)24-5)19(11-13)17(21)25-18(2,3)4/h6-9,13,15H,10-11H2,1-5H3/t13?,15-/m1/s1. The zero-order chi connectivity index (χ0) is 20.4. The van der Waals surface area contributed by atoms with E-state index in [9.17, 15) is 18.0 Å².